The molecule has 0 aliphatic carbocycles. The van der Waals surface area contributed by atoms with Crippen LogP contribution in [0.1, 0.15) is 17.0 Å². The average molecular weight is 331 g/mol. The van der Waals surface area contributed by atoms with Crippen LogP contribution in [0.25, 0.3) is 0 Å². The molecular formula is C13H15ClN2O2S2. The molecule has 0 amide bonds. The van der Waals surface area contributed by atoms with Crippen LogP contribution in [0.2, 0.25) is 4.34 Å². The van der Waals surface area contributed by atoms with Gasteiger partial charge in [-0.2, -0.15) is 0 Å². The lowest BCUT2D eigenvalue weighted by Gasteiger charge is -2.00. The van der Waals surface area contributed by atoms with Crippen molar-refractivity contribution in [1.82, 2.24) is 4.98 Å². The first-order valence-electron chi connectivity index (χ1n) is 6.16. The van der Waals surface area contributed by atoms with Gasteiger partial charge in [-0.15, -0.1) is 22.7 Å². The van der Waals surface area contributed by atoms with E-state index < -0.39 is 0 Å². The number of thiazole rings is 1. The largest absolute Gasteiger partial charge is 0.469 e. The summed E-state index contributed by atoms with van der Waals surface area (Å²) in [5.74, 6) is -0.206. The number of thiophene rings is 1. The zero-order valence-corrected chi connectivity index (χ0v) is 13.4. The number of nitrogens with zero attached hydrogens (tertiary/aromatic N) is 1. The highest BCUT2D eigenvalue weighted by Gasteiger charge is 2.06. The maximum Gasteiger partial charge on any atom is 0.305 e. The van der Waals surface area contributed by atoms with Crippen molar-refractivity contribution in [2.75, 3.05) is 19.0 Å². The maximum absolute atomic E-state index is 11.1. The zero-order valence-electron chi connectivity index (χ0n) is 11.0. The Hall–Kier alpha value is -1.11. The van der Waals surface area contributed by atoms with Gasteiger partial charge in [-0.05, 0) is 18.6 Å². The summed E-state index contributed by atoms with van der Waals surface area (Å²) in [7, 11) is 1.40. The maximum atomic E-state index is 11.1. The summed E-state index contributed by atoms with van der Waals surface area (Å²) >= 11 is 9.03. The minimum absolute atomic E-state index is 0.206. The fourth-order valence-corrected chi connectivity index (χ4v) is 3.47. The van der Waals surface area contributed by atoms with Gasteiger partial charge in [-0.1, -0.05) is 11.6 Å². The van der Waals surface area contributed by atoms with Crippen molar-refractivity contribution >= 4 is 45.4 Å². The number of carbonyl (C=O) groups excluding carboxylic acids is 1. The molecule has 0 radical (unpaired) electrons. The molecule has 2 rings (SSSR count). The van der Waals surface area contributed by atoms with Gasteiger partial charge in [0.2, 0.25) is 0 Å². The number of rotatable bonds is 7. The van der Waals surface area contributed by atoms with Gasteiger partial charge in [0.25, 0.3) is 0 Å². The van der Waals surface area contributed by atoms with E-state index in [1.807, 2.05) is 17.5 Å². The second-order valence-corrected chi connectivity index (χ2v) is 6.76. The normalized spacial score (nSPS) is 10.5. The van der Waals surface area contributed by atoms with Crippen molar-refractivity contribution in [2.24, 2.45) is 0 Å². The van der Waals surface area contributed by atoms with Crippen molar-refractivity contribution in [3.8, 4) is 0 Å². The number of hydrogen-bond donors (Lipinski definition) is 1. The monoisotopic (exact) mass is 330 g/mol. The second kappa shape index (κ2) is 7.61. The SMILES string of the molecule is COC(=O)CCc1csc(NCCc2ccc(Cl)s2)n1. The van der Waals surface area contributed by atoms with Gasteiger partial charge in [0.05, 0.1) is 23.6 Å². The molecule has 0 aliphatic rings. The van der Waals surface area contributed by atoms with E-state index in [9.17, 15) is 4.79 Å². The number of hydrogen-bond acceptors (Lipinski definition) is 6. The molecule has 2 heterocycles. The van der Waals surface area contributed by atoms with E-state index >= 15 is 0 Å². The lowest BCUT2D eigenvalue weighted by molar-refractivity contribution is -0.140. The van der Waals surface area contributed by atoms with Gasteiger partial charge in [0.15, 0.2) is 5.13 Å². The molecule has 2 aromatic rings. The molecule has 20 heavy (non-hydrogen) atoms. The first kappa shape index (κ1) is 15.3. The number of carbonyl (C=O) groups is 1. The van der Waals surface area contributed by atoms with Gasteiger partial charge in [-0.3, -0.25) is 4.79 Å². The Labute approximate surface area is 130 Å². The van der Waals surface area contributed by atoms with E-state index in [1.54, 1.807) is 22.7 Å². The Bertz CT molecular complexity index is 568. The van der Waals surface area contributed by atoms with Crippen LogP contribution in [0.5, 0.6) is 0 Å². The molecule has 0 aromatic carbocycles. The lowest BCUT2D eigenvalue weighted by atomic mass is 10.2. The Morgan fingerprint density at radius 1 is 1.45 bits per heavy atom. The van der Waals surface area contributed by atoms with Crippen molar-refractivity contribution in [3.05, 3.63) is 32.4 Å². The number of anilines is 1. The van der Waals surface area contributed by atoms with Crippen LogP contribution in [0.3, 0.4) is 0 Å². The quantitative estimate of drug-likeness (QED) is 0.788. The van der Waals surface area contributed by atoms with Gasteiger partial charge in [0, 0.05) is 23.2 Å². The van der Waals surface area contributed by atoms with E-state index in [1.165, 1.54) is 12.0 Å². The smallest absolute Gasteiger partial charge is 0.305 e. The molecule has 108 valence electrons. The Morgan fingerprint density at radius 2 is 2.30 bits per heavy atom. The summed E-state index contributed by atoms with van der Waals surface area (Å²) in [4.78, 5) is 16.7. The average Bonchev–Trinajstić information content (AvgIpc) is 3.05. The topological polar surface area (TPSA) is 51.2 Å². The van der Waals surface area contributed by atoms with E-state index in [0.717, 1.165) is 28.1 Å². The van der Waals surface area contributed by atoms with E-state index in [2.05, 4.69) is 15.0 Å². The zero-order chi connectivity index (χ0) is 14.4. The molecule has 0 unspecified atom stereocenters. The molecule has 7 heteroatoms. The molecule has 0 aliphatic heterocycles. The lowest BCUT2D eigenvalue weighted by Crippen LogP contribution is -2.04. The van der Waals surface area contributed by atoms with Crippen molar-refractivity contribution < 1.29 is 9.53 Å². The van der Waals surface area contributed by atoms with Crippen LogP contribution in [-0.4, -0.2) is 24.6 Å². The highest BCUT2D eigenvalue weighted by molar-refractivity contribution is 7.16. The minimum Gasteiger partial charge on any atom is -0.469 e. The van der Waals surface area contributed by atoms with Gasteiger partial charge < -0.3 is 10.1 Å². The predicted molar refractivity (Wildman–Crippen MR) is 84.0 cm³/mol. The van der Waals surface area contributed by atoms with Gasteiger partial charge in [0.1, 0.15) is 0 Å². The number of methoxy groups -OCH3 is 1. The third kappa shape index (κ3) is 4.77. The number of ether oxygens (including phenoxy) is 1. The molecule has 0 saturated heterocycles. The standard InChI is InChI=1S/C13H15ClN2O2S2/c1-18-12(17)5-2-9-8-19-13(16-9)15-7-6-10-3-4-11(14)20-10/h3-4,8H,2,5-7H2,1H3,(H,15,16). The second-order valence-electron chi connectivity index (χ2n) is 4.10. The molecule has 2 aromatic heterocycles. The minimum atomic E-state index is -0.206. The van der Waals surface area contributed by atoms with Crippen LogP contribution in [0.15, 0.2) is 17.5 Å². The van der Waals surface area contributed by atoms with Gasteiger partial charge in [-0.25, -0.2) is 4.98 Å². The number of halogens is 1. The molecule has 0 spiro atoms. The van der Waals surface area contributed by atoms with Crippen molar-refractivity contribution in [2.45, 2.75) is 19.3 Å². The first-order valence-corrected chi connectivity index (χ1v) is 8.24. The summed E-state index contributed by atoms with van der Waals surface area (Å²) in [6, 6.07) is 3.95. The summed E-state index contributed by atoms with van der Waals surface area (Å²) in [6.45, 7) is 0.820. The highest BCUT2D eigenvalue weighted by atomic mass is 35.5. The summed E-state index contributed by atoms with van der Waals surface area (Å²) in [6.07, 6.45) is 1.91. The molecular weight excluding hydrogens is 316 g/mol. The fraction of sp³-hybridized carbons (Fsp3) is 0.385. The van der Waals surface area contributed by atoms with Crippen LogP contribution >= 0.6 is 34.3 Å². The van der Waals surface area contributed by atoms with E-state index in [0.29, 0.717) is 12.8 Å². The number of aryl methyl sites for hydroxylation is 1. The third-order valence-electron chi connectivity index (χ3n) is 2.64. The van der Waals surface area contributed by atoms with Crippen LogP contribution < -0.4 is 5.32 Å². The van der Waals surface area contributed by atoms with Gasteiger partial charge >= 0.3 is 5.97 Å². The number of nitrogens with one attached hydrogen (secondary N) is 1. The van der Waals surface area contributed by atoms with Crippen LogP contribution in [0.4, 0.5) is 5.13 Å². The van der Waals surface area contributed by atoms with Crippen LogP contribution in [0, 0.1) is 0 Å². The Morgan fingerprint density at radius 3 is 3.00 bits per heavy atom. The summed E-state index contributed by atoms with van der Waals surface area (Å²) in [5, 5.41) is 6.13. The van der Waals surface area contributed by atoms with Crippen molar-refractivity contribution in [3.63, 3.8) is 0 Å². The van der Waals surface area contributed by atoms with Crippen LogP contribution in [-0.2, 0) is 22.4 Å². The highest BCUT2D eigenvalue weighted by Crippen LogP contribution is 2.22. The Balaban J connectivity index is 1.73. The molecule has 0 fully saturated rings. The fourth-order valence-electron chi connectivity index (χ4n) is 1.61. The molecule has 0 atom stereocenters. The Kier molecular flexibility index (Phi) is 5.82. The van der Waals surface area contributed by atoms with E-state index in [-0.39, 0.29) is 5.97 Å². The molecule has 0 saturated carbocycles. The molecule has 4 nitrogen and oxygen atoms in total. The number of esters is 1. The summed E-state index contributed by atoms with van der Waals surface area (Å²) < 4.78 is 5.42. The first-order chi connectivity index (χ1) is 9.67. The summed E-state index contributed by atoms with van der Waals surface area (Å²) in [5.41, 5.74) is 0.919. The number of aromatic nitrogens is 1. The molecule has 1 N–H and O–H groups in total. The van der Waals surface area contributed by atoms with E-state index in [4.69, 9.17) is 11.6 Å². The predicted octanol–water partition coefficient (Wildman–Crippen LogP) is 3.62. The molecule has 0 bridgehead atoms. The third-order valence-corrected chi connectivity index (χ3v) is 4.78. The van der Waals surface area contributed by atoms with Crippen molar-refractivity contribution in [1.29, 1.82) is 0 Å².